The number of anilines is 1. The molecule has 0 fully saturated rings. The smallest absolute Gasteiger partial charge is 0.149 e. The maximum atomic E-state index is 9.47. The summed E-state index contributed by atoms with van der Waals surface area (Å²) in [7, 11) is 1.86. The average molecular weight is 217 g/mol. The molecule has 1 aromatic carbocycles. The van der Waals surface area contributed by atoms with E-state index in [-0.39, 0.29) is 5.75 Å². The Kier molecular flexibility index (Phi) is 2.56. The maximum absolute atomic E-state index is 9.47. The summed E-state index contributed by atoms with van der Waals surface area (Å²) in [6, 6.07) is 7.12. The standard InChI is InChI=1S/C12H15N3O/c1-3-10-11(15(2)14-12(10)13)8-5-4-6-9(16)7-8/h4-7,16H,3H2,1-2H3,(H2,13,14). The third kappa shape index (κ3) is 1.62. The molecule has 3 N–H and O–H groups in total. The van der Waals surface area contributed by atoms with Crippen molar-refractivity contribution in [3.63, 3.8) is 0 Å². The van der Waals surface area contributed by atoms with Gasteiger partial charge >= 0.3 is 0 Å². The molecule has 16 heavy (non-hydrogen) atoms. The first kappa shape index (κ1) is 10.5. The molecular weight excluding hydrogens is 202 g/mol. The SMILES string of the molecule is CCc1c(N)nn(C)c1-c1cccc(O)c1. The summed E-state index contributed by atoms with van der Waals surface area (Å²) < 4.78 is 1.75. The Morgan fingerprint density at radius 3 is 2.81 bits per heavy atom. The zero-order valence-electron chi connectivity index (χ0n) is 9.44. The van der Waals surface area contributed by atoms with Gasteiger partial charge in [0.15, 0.2) is 0 Å². The van der Waals surface area contributed by atoms with E-state index in [1.807, 2.05) is 26.1 Å². The molecule has 0 bridgehead atoms. The maximum Gasteiger partial charge on any atom is 0.149 e. The summed E-state index contributed by atoms with van der Waals surface area (Å²) in [5.74, 6) is 0.808. The fourth-order valence-corrected chi connectivity index (χ4v) is 1.95. The van der Waals surface area contributed by atoms with Crippen molar-refractivity contribution >= 4 is 5.82 Å². The molecule has 0 amide bonds. The van der Waals surface area contributed by atoms with Crippen molar-refractivity contribution in [1.29, 1.82) is 0 Å². The Morgan fingerprint density at radius 2 is 2.19 bits per heavy atom. The topological polar surface area (TPSA) is 64.1 Å². The van der Waals surface area contributed by atoms with Gasteiger partial charge in [-0.2, -0.15) is 5.10 Å². The Balaban J connectivity index is 2.63. The van der Waals surface area contributed by atoms with E-state index in [0.717, 1.165) is 23.2 Å². The minimum atomic E-state index is 0.249. The lowest BCUT2D eigenvalue weighted by Gasteiger charge is -2.05. The van der Waals surface area contributed by atoms with Crippen LogP contribution in [-0.4, -0.2) is 14.9 Å². The second-order valence-electron chi connectivity index (χ2n) is 3.74. The van der Waals surface area contributed by atoms with Gasteiger partial charge in [-0.3, -0.25) is 4.68 Å². The average Bonchev–Trinajstić information content (AvgIpc) is 2.52. The normalized spacial score (nSPS) is 10.6. The van der Waals surface area contributed by atoms with Crippen molar-refractivity contribution < 1.29 is 5.11 Å². The van der Waals surface area contributed by atoms with Crippen LogP contribution in [0.2, 0.25) is 0 Å². The van der Waals surface area contributed by atoms with Gasteiger partial charge < -0.3 is 10.8 Å². The number of aromatic hydroxyl groups is 1. The number of nitrogen functional groups attached to an aromatic ring is 1. The minimum Gasteiger partial charge on any atom is -0.508 e. The van der Waals surface area contributed by atoms with E-state index in [4.69, 9.17) is 5.73 Å². The van der Waals surface area contributed by atoms with Crippen molar-refractivity contribution in [2.45, 2.75) is 13.3 Å². The van der Waals surface area contributed by atoms with Crippen molar-refractivity contribution in [2.75, 3.05) is 5.73 Å². The Bertz CT molecular complexity index is 517. The molecule has 0 aliphatic rings. The summed E-state index contributed by atoms with van der Waals surface area (Å²) in [6.07, 6.45) is 0.824. The highest BCUT2D eigenvalue weighted by Gasteiger charge is 2.14. The predicted octanol–water partition coefficient (Wildman–Crippen LogP) is 1.94. The lowest BCUT2D eigenvalue weighted by atomic mass is 10.1. The van der Waals surface area contributed by atoms with E-state index < -0.39 is 0 Å². The number of benzene rings is 1. The van der Waals surface area contributed by atoms with Gasteiger partial charge in [0.1, 0.15) is 11.6 Å². The molecule has 2 aromatic rings. The molecule has 0 aliphatic heterocycles. The lowest BCUT2D eigenvalue weighted by molar-refractivity contribution is 0.475. The molecule has 0 saturated carbocycles. The second-order valence-corrected chi connectivity index (χ2v) is 3.74. The molecule has 0 atom stereocenters. The van der Waals surface area contributed by atoms with E-state index in [9.17, 15) is 5.11 Å². The van der Waals surface area contributed by atoms with Crippen molar-refractivity contribution in [1.82, 2.24) is 9.78 Å². The van der Waals surface area contributed by atoms with Gasteiger partial charge in [-0.05, 0) is 18.6 Å². The number of phenolic OH excluding ortho intramolecular Hbond substituents is 1. The van der Waals surface area contributed by atoms with E-state index in [0.29, 0.717) is 5.82 Å². The first-order chi connectivity index (χ1) is 7.63. The van der Waals surface area contributed by atoms with Gasteiger partial charge in [0.05, 0.1) is 5.69 Å². The first-order valence-electron chi connectivity index (χ1n) is 5.24. The van der Waals surface area contributed by atoms with Crippen molar-refractivity contribution in [3.8, 4) is 17.0 Å². The molecule has 4 nitrogen and oxygen atoms in total. The Morgan fingerprint density at radius 1 is 1.44 bits per heavy atom. The molecule has 0 saturated heterocycles. The Hall–Kier alpha value is -1.97. The van der Waals surface area contributed by atoms with Crippen LogP contribution < -0.4 is 5.73 Å². The van der Waals surface area contributed by atoms with Crippen LogP contribution in [-0.2, 0) is 13.5 Å². The first-order valence-corrected chi connectivity index (χ1v) is 5.24. The molecule has 0 unspecified atom stereocenters. The molecule has 1 heterocycles. The van der Waals surface area contributed by atoms with Gasteiger partial charge in [0, 0.05) is 18.2 Å². The fraction of sp³-hybridized carbons (Fsp3) is 0.250. The Labute approximate surface area is 94.3 Å². The molecule has 2 rings (SSSR count). The van der Waals surface area contributed by atoms with Crippen LogP contribution in [0.3, 0.4) is 0 Å². The number of hydrogen-bond acceptors (Lipinski definition) is 3. The number of rotatable bonds is 2. The minimum absolute atomic E-state index is 0.249. The lowest BCUT2D eigenvalue weighted by Crippen LogP contribution is -1.95. The summed E-state index contributed by atoms with van der Waals surface area (Å²) in [6.45, 7) is 2.04. The molecule has 0 radical (unpaired) electrons. The van der Waals surface area contributed by atoms with Crippen molar-refractivity contribution in [3.05, 3.63) is 29.8 Å². The third-order valence-electron chi connectivity index (χ3n) is 2.65. The molecule has 1 aromatic heterocycles. The van der Waals surface area contributed by atoms with E-state index >= 15 is 0 Å². The summed E-state index contributed by atoms with van der Waals surface area (Å²) in [4.78, 5) is 0. The monoisotopic (exact) mass is 217 g/mol. The number of nitrogens with two attached hydrogens (primary N) is 1. The number of hydrogen-bond donors (Lipinski definition) is 2. The van der Waals surface area contributed by atoms with Crippen LogP contribution in [0.4, 0.5) is 5.82 Å². The van der Waals surface area contributed by atoms with Gasteiger partial charge in [0.2, 0.25) is 0 Å². The van der Waals surface area contributed by atoms with Crippen molar-refractivity contribution in [2.24, 2.45) is 7.05 Å². The molecular formula is C12H15N3O. The fourth-order valence-electron chi connectivity index (χ4n) is 1.95. The van der Waals surface area contributed by atoms with Gasteiger partial charge in [-0.15, -0.1) is 0 Å². The highest BCUT2D eigenvalue weighted by atomic mass is 16.3. The zero-order chi connectivity index (χ0) is 11.7. The summed E-state index contributed by atoms with van der Waals surface area (Å²) >= 11 is 0. The van der Waals surface area contributed by atoms with E-state index in [2.05, 4.69) is 5.10 Å². The highest BCUT2D eigenvalue weighted by molar-refractivity contribution is 5.69. The van der Waals surface area contributed by atoms with Gasteiger partial charge in [-0.25, -0.2) is 0 Å². The highest BCUT2D eigenvalue weighted by Crippen LogP contribution is 2.29. The number of nitrogens with zero attached hydrogens (tertiary/aromatic N) is 2. The molecule has 0 spiro atoms. The summed E-state index contributed by atoms with van der Waals surface area (Å²) in [5, 5.41) is 13.7. The van der Waals surface area contributed by atoms with Gasteiger partial charge in [0.25, 0.3) is 0 Å². The molecule has 4 heteroatoms. The molecule has 84 valence electrons. The van der Waals surface area contributed by atoms with Crippen LogP contribution >= 0.6 is 0 Å². The van der Waals surface area contributed by atoms with E-state index in [1.165, 1.54) is 0 Å². The van der Waals surface area contributed by atoms with E-state index in [1.54, 1.807) is 16.8 Å². The summed E-state index contributed by atoms with van der Waals surface area (Å²) in [5.41, 5.74) is 8.76. The van der Waals surface area contributed by atoms with Gasteiger partial charge in [-0.1, -0.05) is 19.1 Å². The zero-order valence-corrected chi connectivity index (χ0v) is 9.44. The second kappa shape index (κ2) is 3.89. The third-order valence-corrected chi connectivity index (χ3v) is 2.65. The number of aryl methyl sites for hydroxylation is 1. The largest absolute Gasteiger partial charge is 0.508 e. The van der Waals surface area contributed by atoms with Crippen LogP contribution in [0.25, 0.3) is 11.3 Å². The quantitative estimate of drug-likeness (QED) is 0.808. The number of phenols is 1. The van der Waals surface area contributed by atoms with Crippen LogP contribution in [0, 0.1) is 0 Å². The number of aromatic nitrogens is 2. The van der Waals surface area contributed by atoms with Crippen LogP contribution in [0.1, 0.15) is 12.5 Å². The predicted molar refractivity (Wildman–Crippen MR) is 64.1 cm³/mol. The molecule has 0 aliphatic carbocycles. The van der Waals surface area contributed by atoms with Crippen LogP contribution in [0.15, 0.2) is 24.3 Å². The van der Waals surface area contributed by atoms with Crippen LogP contribution in [0.5, 0.6) is 5.75 Å².